The van der Waals surface area contributed by atoms with E-state index in [0.717, 1.165) is 5.56 Å². The minimum Gasteiger partial charge on any atom is -0.375 e. The summed E-state index contributed by atoms with van der Waals surface area (Å²) in [5, 5.41) is 3.38. The normalized spacial score (nSPS) is 14.8. The Morgan fingerprint density at radius 2 is 2.15 bits per heavy atom. The van der Waals surface area contributed by atoms with Crippen molar-refractivity contribution in [2.75, 3.05) is 26.8 Å². The Bertz CT molecular complexity index is 527. The lowest BCUT2D eigenvalue weighted by molar-refractivity contribution is -0.126. The van der Waals surface area contributed by atoms with Gasteiger partial charge in [0.15, 0.2) is 0 Å². The SMILES string of the molecule is COCC(=O)NC1CN(C(=O)c2cccc(Cl)c2C)C1. The fraction of sp³-hybridized carbons (Fsp3) is 0.429. The van der Waals surface area contributed by atoms with E-state index in [1.807, 2.05) is 6.92 Å². The van der Waals surface area contributed by atoms with Gasteiger partial charge in [-0.25, -0.2) is 0 Å². The zero-order valence-electron chi connectivity index (χ0n) is 11.5. The Morgan fingerprint density at radius 1 is 1.45 bits per heavy atom. The van der Waals surface area contributed by atoms with E-state index in [4.69, 9.17) is 16.3 Å². The van der Waals surface area contributed by atoms with Gasteiger partial charge in [0.25, 0.3) is 5.91 Å². The van der Waals surface area contributed by atoms with Crippen LogP contribution in [-0.2, 0) is 9.53 Å². The van der Waals surface area contributed by atoms with Gasteiger partial charge in [-0.2, -0.15) is 0 Å². The highest BCUT2D eigenvalue weighted by atomic mass is 35.5. The van der Waals surface area contributed by atoms with E-state index >= 15 is 0 Å². The van der Waals surface area contributed by atoms with Gasteiger partial charge >= 0.3 is 0 Å². The van der Waals surface area contributed by atoms with E-state index < -0.39 is 0 Å². The van der Waals surface area contributed by atoms with Gasteiger partial charge < -0.3 is 15.0 Å². The van der Waals surface area contributed by atoms with Crippen LogP contribution in [0.4, 0.5) is 0 Å². The molecule has 1 saturated heterocycles. The predicted molar refractivity (Wildman–Crippen MR) is 75.9 cm³/mol. The summed E-state index contributed by atoms with van der Waals surface area (Å²) in [6, 6.07) is 5.29. The van der Waals surface area contributed by atoms with Gasteiger partial charge in [0.2, 0.25) is 5.91 Å². The van der Waals surface area contributed by atoms with Crippen LogP contribution in [0.25, 0.3) is 0 Å². The topological polar surface area (TPSA) is 58.6 Å². The van der Waals surface area contributed by atoms with Crippen molar-refractivity contribution in [3.05, 3.63) is 34.3 Å². The molecular weight excluding hydrogens is 280 g/mol. The molecule has 1 aromatic carbocycles. The minimum atomic E-state index is -0.163. The third-order valence-electron chi connectivity index (χ3n) is 3.31. The quantitative estimate of drug-likeness (QED) is 0.909. The fourth-order valence-electron chi connectivity index (χ4n) is 2.15. The lowest BCUT2D eigenvalue weighted by Crippen LogP contribution is -2.61. The summed E-state index contributed by atoms with van der Waals surface area (Å²) in [6.07, 6.45) is 0. The standard InChI is InChI=1S/C14H17ClN2O3/c1-9-11(4-3-5-12(9)15)14(19)17-6-10(7-17)16-13(18)8-20-2/h3-5,10H,6-8H2,1-2H3,(H,16,18). The molecule has 1 aliphatic rings. The number of nitrogens with zero attached hydrogens (tertiary/aromatic N) is 1. The molecule has 1 heterocycles. The number of likely N-dealkylation sites (tertiary alicyclic amines) is 1. The van der Waals surface area contributed by atoms with Gasteiger partial charge in [0, 0.05) is 30.8 Å². The summed E-state index contributed by atoms with van der Waals surface area (Å²) in [5.41, 5.74) is 1.39. The predicted octanol–water partition coefficient (Wildman–Crippen LogP) is 1.24. The number of hydrogen-bond donors (Lipinski definition) is 1. The van der Waals surface area contributed by atoms with Crippen LogP contribution >= 0.6 is 11.6 Å². The molecule has 20 heavy (non-hydrogen) atoms. The summed E-state index contributed by atoms with van der Waals surface area (Å²) in [7, 11) is 1.47. The van der Waals surface area contributed by atoms with Crippen LogP contribution < -0.4 is 5.32 Å². The molecular formula is C14H17ClN2O3. The number of halogens is 1. The molecule has 1 fully saturated rings. The molecule has 0 spiro atoms. The summed E-state index contributed by atoms with van der Waals surface area (Å²) in [6.45, 7) is 2.89. The number of nitrogens with one attached hydrogen (secondary N) is 1. The number of hydrogen-bond acceptors (Lipinski definition) is 3. The van der Waals surface area contributed by atoms with Crippen LogP contribution in [0.1, 0.15) is 15.9 Å². The number of carbonyl (C=O) groups is 2. The number of methoxy groups -OCH3 is 1. The molecule has 0 saturated carbocycles. The van der Waals surface area contributed by atoms with E-state index in [1.165, 1.54) is 7.11 Å². The van der Waals surface area contributed by atoms with Crippen LogP contribution in [0.3, 0.4) is 0 Å². The maximum atomic E-state index is 12.3. The second kappa shape index (κ2) is 6.24. The molecule has 1 N–H and O–H groups in total. The molecule has 1 aliphatic heterocycles. The van der Waals surface area contributed by atoms with Gasteiger partial charge in [-0.1, -0.05) is 17.7 Å². The van der Waals surface area contributed by atoms with Crippen molar-refractivity contribution in [2.24, 2.45) is 0 Å². The maximum Gasteiger partial charge on any atom is 0.254 e. The Hall–Kier alpha value is -1.59. The fourth-order valence-corrected chi connectivity index (χ4v) is 2.32. The number of rotatable bonds is 4. The molecule has 0 unspecified atom stereocenters. The Balaban J connectivity index is 1.91. The molecule has 0 aliphatic carbocycles. The third-order valence-corrected chi connectivity index (χ3v) is 3.72. The first kappa shape index (κ1) is 14.8. The number of benzene rings is 1. The van der Waals surface area contributed by atoms with Crippen LogP contribution in [0, 0.1) is 6.92 Å². The van der Waals surface area contributed by atoms with Crippen molar-refractivity contribution in [3.8, 4) is 0 Å². The average molecular weight is 297 g/mol. The summed E-state index contributed by atoms with van der Waals surface area (Å²) >= 11 is 6.01. The van der Waals surface area contributed by atoms with Crippen LogP contribution in [0.5, 0.6) is 0 Å². The Labute approximate surface area is 122 Å². The highest BCUT2D eigenvalue weighted by molar-refractivity contribution is 6.31. The second-order valence-electron chi connectivity index (χ2n) is 4.82. The van der Waals surface area contributed by atoms with E-state index in [-0.39, 0.29) is 24.5 Å². The van der Waals surface area contributed by atoms with E-state index in [1.54, 1.807) is 23.1 Å². The van der Waals surface area contributed by atoms with Crippen molar-refractivity contribution in [2.45, 2.75) is 13.0 Å². The summed E-state index contributed by atoms with van der Waals surface area (Å²) in [5.74, 6) is -0.217. The summed E-state index contributed by atoms with van der Waals surface area (Å²) < 4.78 is 4.74. The highest BCUT2D eigenvalue weighted by Crippen LogP contribution is 2.22. The molecule has 0 aromatic heterocycles. The van der Waals surface area contributed by atoms with Crippen LogP contribution in [0.2, 0.25) is 5.02 Å². The van der Waals surface area contributed by atoms with E-state index in [2.05, 4.69) is 5.32 Å². The molecule has 1 aromatic rings. The van der Waals surface area contributed by atoms with Crippen molar-refractivity contribution in [1.82, 2.24) is 10.2 Å². The van der Waals surface area contributed by atoms with Crippen molar-refractivity contribution >= 4 is 23.4 Å². The van der Waals surface area contributed by atoms with Crippen LogP contribution in [0.15, 0.2) is 18.2 Å². The lowest BCUT2D eigenvalue weighted by atomic mass is 10.0. The second-order valence-corrected chi connectivity index (χ2v) is 5.23. The largest absolute Gasteiger partial charge is 0.375 e. The van der Waals surface area contributed by atoms with Gasteiger partial charge in [-0.15, -0.1) is 0 Å². The zero-order chi connectivity index (χ0) is 14.7. The lowest BCUT2D eigenvalue weighted by Gasteiger charge is -2.39. The first-order valence-electron chi connectivity index (χ1n) is 6.35. The Morgan fingerprint density at radius 3 is 2.80 bits per heavy atom. The van der Waals surface area contributed by atoms with Crippen LogP contribution in [-0.4, -0.2) is 49.6 Å². The van der Waals surface area contributed by atoms with Gasteiger partial charge in [0.1, 0.15) is 6.61 Å². The molecule has 2 rings (SSSR count). The van der Waals surface area contributed by atoms with Gasteiger partial charge in [0.05, 0.1) is 6.04 Å². The summed E-state index contributed by atoms with van der Waals surface area (Å²) in [4.78, 5) is 25.3. The molecule has 0 radical (unpaired) electrons. The average Bonchev–Trinajstić information content (AvgIpc) is 2.36. The minimum absolute atomic E-state index is 0.00101. The molecule has 108 valence electrons. The first-order chi connectivity index (χ1) is 9.52. The molecule has 0 atom stereocenters. The van der Waals surface area contributed by atoms with Gasteiger partial charge in [-0.3, -0.25) is 9.59 Å². The van der Waals surface area contributed by atoms with Crippen molar-refractivity contribution < 1.29 is 14.3 Å². The zero-order valence-corrected chi connectivity index (χ0v) is 12.2. The van der Waals surface area contributed by atoms with E-state index in [0.29, 0.717) is 23.7 Å². The van der Waals surface area contributed by atoms with Crippen molar-refractivity contribution in [3.63, 3.8) is 0 Å². The van der Waals surface area contributed by atoms with Gasteiger partial charge in [-0.05, 0) is 24.6 Å². The van der Waals surface area contributed by atoms with E-state index in [9.17, 15) is 9.59 Å². The smallest absolute Gasteiger partial charge is 0.254 e. The van der Waals surface area contributed by atoms with Crippen molar-refractivity contribution in [1.29, 1.82) is 0 Å². The monoisotopic (exact) mass is 296 g/mol. The highest BCUT2D eigenvalue weighted by Gasteiger charge is 2.32. The maximum absolute atomic E-state index is 12.3. The molecule has 0 bridgehead atoms. The number of ether oxygens (including phenoxy) is 1. The molecule has 2 amide bonds. The molecule has 6 heteroatoms. The first-order valence-corrected chi connectivity index (χ1v) is 6.73. The molecule has 5 nitrogen and oxygen atoms in total. The Kier molecular flexibility index (Phi) is 4.62. The number of amides is 2. The third kappa shape index (κ3) is 3.11. The number of carbonyl (C=O) groups excluding carboxylic acids is 2.